The smallest absolute Gasteiger partial charge is 0.407 e. The Labute approximate surface area is 160 Å². The Balaban J connectivity index is 1.52. The lowest BCUT2D eigenvalue weighted by molar-refractivity contribution is 0.133. The van der Waals surface area contributed by atoms with E-state index in [0.717, 1.165) is 18.5 Å². The predicted molar refractivity (Wildman–Crippen MR) is 101 cm³/mol. The van der Waals surface area contributed by atoms with Crippen molar-refractivity contribution in [1.82, 2.24) is 19.7 Å². The molecule has 2 aromatic rings. The number of halogens is 1. The van der Waals surface area contributed by atoms with Gasteiger partial charge in [0.2, 0.25) is 0 Å². The first-order valence-corrected chi connectivity index (χ1v) is 9.03. The number of aryl methyl sites for hydroxylation is 1. The lowest BCUT2D eigenvalue weighted by atomic mass is 10.1. The molecule has 2 bridgehead atoms. The summed E-state index contributed by atoms with van der Waals surface area (Å²) in [7, 11) is 1.53. The first-order chi connectivity index (χ1) is 12.9. The highest BCUT2D eigenvalue weighted by Crippen LogP contribution is 2.35. The van der Waals surface area contributed by atoms with Crippen molar-refractivity contribution in [2.45, 2.75) is 24.9 Å². The van der Waals surface area contributed by atoms with Gasteiger partial charge in [0.15, 0.2) is 5.15 Å². The van der Waals surface area contributed by atoms with Crippen molar-refractivity contribution in [3.63, 3.8) is 0 Å². The Bertz CT molecular complexity index is 917. The van der Waals surface area contributed by atoms with Crippen LogP contribution in [-0.2, 0) is 7.05 Å². The van der Waals surface area contributed by atoms with Gasteiger partial charge in [-0.1, -0.05) is 11.6 Å². The predicted octanol–water partition coefficient (Wildman–Crippen LogP) is 1.90. The Morgan fingerprint density at radius 3 is 2.59 bits per heavy atom. The van der Waals surface area contributed by atoms with Crippen molar-refractivity contribution in [1.29, 1.82) is 0 Å². The van der Waals surface area contributed by atoms with Crippen LogP contribution in [0.3, 0.4) is 0 Å². The fourth-order valence-electron chi connectivity index (χ4n) is 3.89. The van der Waals surface area contributed by atoms with Crippen molar-refractivity contribution < 1.29 is 9.90 Å². The summed E-state index contributed by atoms with van der Waals surface area (Å²) in [6.45, 7) is 1.02. The van der Waals surface area contributed by atoms with Gasteiger partial charge in [0.1, 0.15) is 11.5 Å². The third kappa shape index (κ3) is 3.30. The second kappa shape index (κ2) is 6.73. The van der Waals surface area contributed by atoms with Crippen LogP contribution in [-0.4, -0.2) is 56.0 Å². The molecule has 2 saturated heterocycles. The number of nitrogens with zero attached hydrogens (tertiary/aromatic N) is 5. The number of piperazine rings is 1. The molecule has 0 saturated carbocycles. The van der Waals surface area contributed by atoms with Crippen LogP contribution in [0.5, 0.6) is 0 Å². The molecular formula is C17H19ClN6O3. The highest BCUT2D eigenvalue weighted by atomic mass is 35.5. The van der Waals surface area contributed by atoms with Gasteiger partial charge in [0, 0.05) is 38.3 Å². The van der Waals surface area contributed by atoms with E-state index in [9.17, 15) is 14.7 Å². The van der Waals surface area contributed by atoms with Crippen LogP contribution < -0.4 is 15.8 Å². The van der Waals surface area contributed by atoms with Gasteiger partial charge in [-0.25, -0.2) is 14.5 Å². The van der Waals surface area contributed by atoms with Crippen LogP contribution >= 0.6 is 11.6 Å². The number of fused-ring (bicyclic) bond motifs is 2. The summed E-state index contributed by atoms with van der Waals surface area (Å²) in [6, 6.07) is 5.54. The molecule has 2 N–H and O–H groups in total. The summed E-state index contributed by atoms with van der Waals surface area (Å²) >= 11 is 5.90. The minimum atomic E-state index is -0.859. The minimum absolute atomic E-state index is 0.173. The zero-order valence-corrected chi connectivity index (χ0v) is 15.4. The number of carboxylic acid groups (broad SMARTS) is 1. The number of rotatable bonds is 3. The number of nitrogens with one attached hydrogen (secondary N) is 1. The van der Waals surface area contributed by atoms with Crippen molar-refractivity contribution in [3.05, 3.63) is 39.9 Å². The highest BCUT2D eigenvalue weighted by molar-refractivity contribution is 6.29. The minimum Gasteiger partial charge on any atom is -0.465 e. The number of carbonyl (C=O) groups is 1. The molecule has 2 aliphatic rings. The second-order valence-corrected chi connectivity index (χ2v) is 7.20. The third-order valence-corrected chi connectivity index (χ3v) is 5.28. The molecular weight excluding hydrogens is 372 g/mol. The maximum absolute atomic E-state index is 12.1. The van der Waals surface area contributed by atoms with Gasteiger partial charge >= 0.3 is 6.09 Å². The average Bonchev–Trinajstić information content (AvgIpc) is 2.89. The monoisotopic (exact) mass is 390 g/mol. The van der Waals surface area contributed by atoms with Crippen LogP contribution in [0, 0.1) is 0 Å². The number of hydrogen-bond donors (Lipinski definition) is 2. The fourth-order valence-corrected chi connectivity index (χ4v) is 4.12. The van der Waals surface area contributed by atoms with Crippen LogP contribution in [0.1, 0.15) is 12.8 Å². The molecule has 4 rings (SSSR count). The van der Waals surface area contributed by atoms with E-state index in [0.29, 0.717) is 24.6 Å². The Morgan fingerprint density at radius 1 is 1.30 bits per heavy atom. The zero-order chi connectivity index (χ0) is 19.1. The number of aromatic nitrogens is 3. The highest BCUT2D eigenvalue weighted by Gasteiger charge is 2.41. The van der Waals surface area contributed by atoms with Crippen molar-refractivity contribution in [2.24, 2.45) is 7.05 Å². The summed E-state index contributed by atoms with van der Waals surface area (Å²) in [5.41, 5.74) is 0.958. The summed E-state index contributed by atoms with van der Waals surface area (Å²) in [4.78, 5) is 31.5. The van der Waals surface area contributed by atoms with E-state index in [4.69, 9.17) is 11.6 Å². The summed E-state index contributed by atoms with van der Waals surface area (Å²) < 4.78 is 1.17. The van der Waals surface area contributed by atoms with Gasteiger partial charge in [-0.3, -0.25) is 4.79 Å². The molecule has 0 spiro atoms. The normalized spacial score (nSPS) is 21.4. The van der Waals surface area contributed by atoms with E-state index in [-0.39, 0.29) is 22.8 Å². The molecule has 2 aliphatic heterocycles. The molecule has 0 aliphatic carbocycles. The number of hydrogen-bond acceptors (Lipinski definition) is 6. The van der Waals surface area contributed by atoms with E-state index in [2.05, 4.69) is 20.3 Å². The number of anilines is 3. The quantitative estimate of drug-likeness (QED) is 0.824. The molecule has 2 aromatic heterocycles. The van der Waals surface area contributed by atoms with E-state index in [1.54, 1.807) is 12.3 Å². The molecule has 27 heavy (non-hydrogen) atoms. The summed E-state index contributed by atoms with van der Waals surface area (Å²) in [5, 5.41) is 16.3. The van der Waals surface area contributed by atoms with Gasteiger partial charge in [-0.2, -0.15) is 5.10 Å². The lowest BCUT2D eigenvalue weighted by Gasteiger charge is -2.41. The molecule has 1 amide bonds. The second-order valence-electron chi connectivity index (χ2n) is 6.82. The summed E-state index contributed by atoms with van der Waals surface area (Å²) in [5.74, 6) is 0.523. The molecule has 0 aromatic carbocycles. The first kappa shape index (κ1) is 17.6. The SMILES string of the molecule is Cn1nc(Cl)cc(Nc2ccc(N3C4CCC3CN(C(=O)O)C4)cn2)c1=O. The van der Waals surface area contributed by atoms with E-state index < -0.39 is 6.09 Å². The zero-order valence-electron chi connectivity index (χ0n) is 14.7. The van der Waals surface area contributed by atoms with Crippen LogP contribution in [0.2, 0.25) is 5.15 Å². The van der Waals surface area contributed by atoms with E-state index in [1.165, 1.54) is 22.7 Å². The van der Waals surface area contributed by atoms with Gasteiger partial charge in [-0.05, 0) is 25.0 Å². The molecule has 10 heteroatoms. The fraction of sp³-hybridized carbons (Fsp3) is 0.412. The first-order valence-electron chi connectivity index (χ1n) is 8.65. The van der Waals surface area contributed by atoms with Gasteiger partial charge < -0.3 is 20.2 Å². The Hall–Kier alpha value is -2.81. The number of pyridine rings is 1. The maximum atomic E-state index is 12.1. The molecule has 4 heterocycles. The largest absolute Gasteiger partial charge is 0.465 e. The molecule has 2 fully saturated rings. The molecule has 2 atom stereocenters. The topological polar surface area (TPSA) is 104 Å². The van der Waals surface area contributed by atoms with Crippen molar-refractivity contribution in [3.8, 4) is 0 Å². The Kier molecular flexibility index (Phi) is 4.39. The number of likely N-dealkylation sites (tertiary alicyclic amines) is 1. The molecule has 142 valence electrons. The van der Waals surface area contributed by atoms with Crippen LogP contribution in [0.15, 0.2) is 29.2 Å². The summed E-state index contributed by atoms with van der Waals surface area (Å²) in [6.07, 6.45) is 2.83. The van der Waals surface area contributed by atoms with Crippen LogP contribution in [0.25, 0.3) is 0 Å². The van der Waals surface area contributed by atoms with Crippen molar-refractivity contribution in [2.75, 3.05) is 23.3 Å². The molecule has 9 nitrogen and oxygen atoms in total. The van der Waals surface area contributed by atoms with Gasteiger partial charge in [-0.15, -0.1) is 0 Å². The number of amides is 1. The van der Waals surface area contributed by atoms with E-state index >= 15 is 0 Å². The maximum Gasteiger partial charge on any atom is 0.407 e. The lowest BCUT2D eigenvalue weighted by Crippen LogP contribution is -2.55. The molecule has 0 radical (unpaired) electrons. The standard InChI is InChI=1S/C17H19ClN6O3/c1-22-16(25)13(6-14(18)21-22)20-15-5-4-10(7-19-15)24-11-2-3-12(24)9-23(8-11)17(26)27/h4-7,11-12H,2-3,8-9H2,1H3,(H,19,20)(H,26,27). The van der Waals surface area contributed by atoms with Gasteiger partial charge in [0.25, 0.3) is 5.56 Å². The van der Waals surface area contributed by atoms with Crippen LogP contribution in [0.4, 0.5) is 22.0 Å². The van der Waals surface area contributed by atoms with Crippen molar-refractivity contribution >= 4 is 34.9 Å². The molecule has 2 unspecified atom stereocenters. The Morgan fingerprint density at radius 2 is 2.00 bits per heavy atom. The average molecular weight is 391 g/mol. The third-order valence-electron chi connectivity index (χ3n) is 5.09. The van der Waals surface area contributed by atoms with E-state index in [1.807, 2.05) is 6.07 Å². The van der Waals surface area contributed by atoms with Gasteiger partial charge in [0.05, 0.1) is 11.9 Å².